The first-order chi connectivity index (χ1) is 18.8. The number of anilines is 4. The molecule has 2 heterocycles. The molecule has 11 nitrogen and oxygen atoms in total. The van der Waals surface area contributed by atoms with Crippen LogP contribution in [0.25, 0.3) is 22.2 Å². The Bertz CT molecular complexity index is 1550. The second-order valence-electron chi connectivity index (χ2n) is 8.84. The van der Waals surface area contributed by atoms with Gasteiger partial charge in [0.25, 0.3) is 0 Å². The van der Waals surface area contributed by atoms with Crippen molar-refractivity contribution in [2.75, 3.05) is 49.8 Å². The molecule has 0 saturated heterocycles. The lowest BCUT2D eigenvalue weighted by Crippen LogP contribution is -2.28. The number of aromatic carboxylic acids is 1. The van der Waals surface area contributed by atoms with E-state index in [-0.39, 0.29) is 23.1 Å². The molecule has 4 N–H and O–H groups in total. The molecule has 0 atom stereocenters. The third-order valence-corrected chi connectivity index (χ3v) is 6.29. The van der Waals surface area contributed by atoms with Crippen molar-refractivity contribution >= 4 is 45.8 Å². The van der Waals surface area contributed by atoms with Crippen molar-refractivity contribution in [3.8, 4) is 17.0 Å². The number of methoxy groups -OCH3 is 1. The molecule has 11 heteroatoms. The molecule has 0 fully saturated rings. The topological polar surface area (TPSA) is 134 Å². The minimum absolute atomic E-state index is 0.0238. The summed E-state index contributed by atoms with van der Waals surface area (Å²) in [5, 5.41) is 19.8. The van der Waals surface area contributed by atoms with Crippen LogP contribution in [0.2, 0.25) is 0 Å². The van der Waals surface area contributed by atoms with Crippen molar-refractivity contribution in [2.24, 2.45) is 7.05 Å². The summed E-state index contributed by atoms with van der Waals surface area (Å²) in [7, 11) is 7.21. The lowest BCUT2D eigenvalue weighted by molar-refractivity contribution is -0.111. The summed E-state index contributed by atoms with van der Waals surface area (Å²) in [6.07, 6.45) is 4.32. The van der Waals surface area contributed by atoms with Crippen molar-refractivity contribution in [3.63, 3.8) is 0 Å². The number of nitrogens with zero attached hydrogens (tertiary/aromatic N) is 4. The third kappa shape index (κ3) is 5.68. The summed E-state index contributed by atoms with van der Waals surface area (Å²) < 4.78 is 7.57. The fourth-order valence-electron chi connectivity index (χ4n) is 4.29. The number of rotatable bonds is 11. The number of aromatic nitrogens is 3. The number of para-hydroxylation sites is 1. The fourth-order valence-corrected chi connectivity index (χ4v) is 4.29. The Morgan fingerprint density at radius 1 is 1.23 bits per heavy atom. The number of ether oxygens (including phenoxy) is 1. The Labute approximate surface area is 226 Å². The molecule has 202 valence electrons. The molecule has 1 amide bonds. The average molecular weight is 530 g/mol. The monoisotopic (exact) mass is 529 g/mol. The van der Waals surface area contributed by atoms with Gasteiger partial charge in [0.05, 0.1) is 29.9 Å². The van der Waals surface area contributed by atoms with Crippen LogP contribution >= 0.6 is 0 Å². The lowest BCUT2D eigenvalue weighted by Gasteiger charge is -2.24. The normalized spacial score (nSPS) is 10.8. The van der Waals surface area contributed by atoms with E-state index < -0.39 is 5.97 Å². The van der Waals surface area contributed by atoms with Crippen LogP contribution in [0.5, 0.6) is 5.75 Å². The van der Waals surface area contributed by atoms with Gasteiger partial charge in [-0.2, -0.15) is 0 Å². The summed E-state index contributed by atoms with van der Waals surface area (Å²) in [6.45, 7) is 4.95. The van der Waals surface area contributed by atoms with Gasteiger partial charge in [-0.15, -0.1) is 0 Å². The summed E-state index contributed by atoms with van der Waals surface area (Å²) >= 11 is 0. The van der Waals surface area contributed by atoms with Crippen LogP contribution in [-0.2, 0) is 11.8 Å². The number of carboxylic acids is 1. The maximum Gasteiger partial charge on any atom is 0.339 e. The standard InChI is InChI=1S/C28H31N7O4/c1-6-25(36)31-20-13-21(24(39-5)14-23(20)34(3)12-11-29-2)32-28-30-15-18(27(37)38)26(33-28)19-16-35(4)22-10-8-7-9-17(19)22/h6-10,13-16,29H,1,11-12H2,2-5H3,(H,31,36)(H,37,38)(H,30,32,33). The lowest BCUT2D eigenvalue weighted by atomic mass is 10.1. The number of likely N-dealkylation sites (N-methyl/N-ethyl adjacent to an activating group) is 2. The van der Waals surface area contributed by atoms with Gasteiger partial charge in [-0.05, 0) is 25.3 Å². The highest BCUT2D eigenvalue weighted by molar-refractivity contribution is 6.03. The summed E-state index contributed by atoms with van der Waals surface area (Å²) in [6, 6.07) is 11.2. The zero-order valence-electron chi connectivity index (χ0n) is 22.3. The Morgan fingerprint density at radius 2 is 2.00 bits per heavy atom. The van der Waals surface area contributed by atoms with Crippen molar-refractivity contribution < 1.29 is 19.4 Å². The third-order valence-electron chi connectivity index (χ3n) is 6.29. The van der Waals surface area contributed by atoms with E-state index in [2.05, 4.69) is 32.5 Å². The first-order valence-corrected chi connectivity index (χ1v) is 12.2. The molecule has 39 heavy (non-hydrogen) atoms. The Kier molecular flexibility index (Phi) is 8.11. The second-order valence-corrected chi connectivity index (χ2v) is 8.84. The van der Waals surface area contributed by atoms with Crippen LogP contribution in [0.15, 0.2) is 61.4 Å². The van der Waals surface area contributed by atoms with Crippen molar-refractivity contribution in [3.05, 3.63) is 67.0 Å². The van der Waals surface area contributed by atoms with E-state index in [0.717, 1.165) is 23.1 Å². The largest absolute Gasteiger partial charge is 0.494 e. The van der Waals surface area contributed by atoms with Gasteiger partial charge in [0.15, 0.2) is 0 Å². The molecule has 0 bridgehead atoms. The zero-order valence-corrected chi connectivity index (χ0v) is 22.3. The first kappa shape index (κ1) is 27.1. The van der Waals surface area contributed by atoms with E-state index in [1.807, 2.05) is 61.1 Å². The molecule has 0 spiro atoms. The zero-order chi connectivity index (χ0) is 28.1. The van der Waals surface area contributed by atoms with Crippen molar-refractivity contribution in [1.29, 1.82) is 0 Å². The number of benzene rings is 2. The molecule has 0 unspecified atom stereocenters. The Hall–Kier alpha value is -4.90. The molecule has 4 rings (SSSR count). The molecule has 0 aliphatic carbocycles. The van der Waals surface area contributed by atoms with Gasteiger partial charge in [-0.25, -0.2) is 14.8 Å². The quantitative estimate of drug-likeness (QED) is 0.214. The van der Waals surface area contributed by atoms with Gasteiger partial charge >= 0.3 is 5.97 Å². The highest BCUT2D eigenvalue weighted by Gasteiger charge is 2.21. The van der Waals surface area contributed by atoms with E-state index in [9.17, 15) is 14.7 Å². The van der Waals surface area contributed by atoms with Crippen LogP contribution in [0.4, 0.5) is 23.0 Å². The molecule has 2 aromatic heterocycles. The number of amides is 1. The number of aryl methyl sites for hydroxylation is 1. The van der Waals surface area contributed by atoms with Gasteiger partial charge < -0.3 is 35.3 Å². The molecular formula is C28H31N7O4. The van der Waals surface area contributed by atoms with Crippen LogP contribution in [-0.4, -0.2) is 65.8 Å². The molecule has 4 aromatic rings. The highest BCUT2D eigenvalue weighted by atomic mass is 16.5. The number of carboxylic acid groups (broad SMARTS) is 1. The molecule has 0 saturated carbocycles. The maximum atomic E-state index is 12.2. The van der Waals surface area contributed by atoms with Crippen molar-refractivity contribution in [1.82, 2.24) is 19.9 Å². The number of hydrogen-bond acceptors (Lipinski definition) is 8. The summed E-state index contributed by atoms with van der Waals surface area (Å²) in [4.78, 5) is 35.1. The molecule has 0 aliphatic heterocycles. The number of fused-ring (bicyclic) bond motifs is 1. The predicted octanol–water partition coefficient (Wildman–Crippen LogP) is 3.87. The first-order valence-electron chi connectivity index (χ1n) is 12.2. The van der Waals surface area contributed by atoms with E-state index >= 15 is 0 Å². The van der Waals surface area contributed by atoms with Gasteiger partial charge in [-0.1, -0.05) is 24.8 Å². The minimum Gasteiger partial charge on any atom is -0.494 e. The molecule has 0 radical (unpaired) electrons. The van der Waals surface area contributed by atoms with Crippen LogP contribution < -0.4 is 25.6 Å². The fraction of sp³-hybridized carbons (Fsp3) is 0.214. The average Bonchev–Trinajstić information content (AvgIpc) is 3.27. The van der Waals surface area contributed by atoms with Gasteiger partial charge in [0.2, 0.25) is 11.9 Å². The van der Waals surface area contributed by atoms with Crippen molar-refractivity contribution in [2.45, 2.75) is 0 Å². The number of carbonyl (C=O) groups is 2. The van der Waals surface area contributed by atoms with Gasteiger partial charge in [0, 0.05) is 62.1 Å². The summed E-state index contributed by atoms with van der Waals surface area (Å²) in [5.41, 5.74) is 3.61. The van der Waals surface area contributed by atoms with Crippen LogP contribution in [0.1, 0.15) is 10.4 Å². The van der Waals surface area contributed by atoms with E-state index in [1.165, 1.54) is 19.4 Å². The molecule has 2 aromatic carbocycles. The van der Waals surface area contributed by atoms with E-state index in [1.54, 1.807) is 12.1 Å². The summed E-state index contributed by atoms with van der Waals surface area (Å²) in [5.74, 6) is -0.853. The maximum absolute atomic E-state index is 12.2. The number of carbonyl (C=O) groups excluding carboxylic acids is 1. The molecular weight excluding hydrogens is 498 g/mol. The Balaban J connectivity index is 1.80. The van der Waals surface area contributed by atoms with Gasteiger partial charge in [-0.3, -0.25) is 4.79 Å². The van der Waals surface area contributed by atoms with Gasteiger partial charge in [0.1, 0.15) is 11.3 Å². The van der Waals surface area contributed by atoms with E-state index in [4.69, 9.17) is 4.74 Å². The van der Waals surface area contributed by atoms with E-state index in [0.29, 0.717) is 29.2 Å². The Morgan fingerprint density at radius 3 is 2.69 bits per heavy atom. The highest BCUT2D eigenvalue weighted by Crippen LogP contribution is 2.38. The smallest absolute Gasteiger partial charge is 0.339 e. The number of hydrogen-bond donors (Lipinski definition) is 4. The SMILES string of the molecule is C=CC(=O)Nc1cc(Nc2ncc(C(=O)O)c(-c3cn(C)c4ccccc34)n2)c(OC)cc1N(C)CCNC. The minimum atomic E-state index is -1.13. The number of nitrogens with one attached hydrogen (secondary N) is 3. The predicted molar refractivity (Wildman–Crippen MR) is 153 cm³/mol. The molecule has 0 aliphatic rings. The second kappa shape index (κ2) is 11.7. The van der Waals surface area contributed by atoms with Crippen LogP contribution in [0.3, 0.4) is 0 Å². The van der Waals surface area contributed by atoms with Crippen LogP contribution in [0, 0.1) is 0 Å².